The van der Waals surface area contributed by atoms with Crippen LogP contribution in [-0.4, -0.2) is 33.1 Å². The Kier molecular flexibility index (Phi) is 4.95. The molecule has 0 saturated carbocycles. The largest absolute Gasteiger partial charge is 0.317 e. The van der Waals surface area contributed by atoms with Crippen molar-refractivity contribution < 1.29 is 8.42 Å². The van der Waals surface area contributed by atoms with Crippen molar-refractivity contribution in [2.24, 2.45) is 5.92 Å². The molecule has 0 amide bonds. The minimum absolute atomic E-state index is 0.0167. The normalized spacial score (nSPS) is 21.4. The van der Waals surface area contributed by atoms with E-state index in [2.05, 4.69) is 14.8 Å². The quantitative estimate of drug-likeness (QED) is 0.695. The zero-order chi connectivity index (χ0) is 13.1. The third-order valence-corrected chi connectivity index (χ3v) is 4.44. The fourth-order valence-corrected chi connectivity index (χ4v) is 3.66. The molecule has 1 aliphatic rings. The first-order valence-electron chi connectivity index (χ1n) is 6.21. The number of hydrogen-bond donors (Lipinski definition) is 3. The van der Waals surface area contributed by atoms with Crippen LogP contribution in [0.15, 0.2) is 0 Å². The van der Waals surface area contributed by atoms with Gasteiger partial charge in [-0.15, -0.1) is 0 Å². The van der Waals surface area contributed by atoms with E-state index in [0.29, 0.717) is 5.92 Å². The van der Waals surface area contributed by atoms with Crippen molar-refractivity contribution >= 4 is 10.2 Å². The van der Waals surface area contributed by atoms with Crippen molar-refractivity contribution in [3.05, 3.63) is 0 Å². The first-order chi connectivity index (χ1) is 7.70. The number of nitrogens with one attached hydrogen (secondary N) is 3. The lowest BCUT2D eigenvalue weighted by atomic mass is 9.92. The smallest absolute Gasteiger partial charge is 0.277 e. The third kappa shape index (κ3) is 5.81. The van der Waals surface area contributed by atoms with Crippen molar-refractivity contribution in [2.75, 3.05) is 13.1 Å². The molecule has 0 aromatic heterocycles. The molecule has 1 fully saturated rings. The standard InChI is InChI=1S/C11H25N3O2S/c1-9(10-5-7-12-8-6-10)13-17(15,16)14-11(2,3)4/h9-10,12-14H,5-8H2,1-4H3. The van der Waals surface area contributed by atoms with Gasteiger partial charge in [0.05, 0.1) is 0 Å². The van der Waals surface area contributed by atoms with Gasteiger partial charge in [0.1, 0.15) is 0 Å². The summed E-state index contributed by atoms with van der Waals surface area (Å²) >= 11 is 0. The average molecular weight is 263 g/mol. The van der Waals surface area contributed by atoms with Crippen LogP contribution < -0.4 is 14.8 Å². The zero-order valence-corrected chi connectivity index (χ0v) is 12.0. The Bertz CT molecular complexity index is 329. The molecular weight excluding hydrogens is 238 g/mol. The Hall–Kier alpha value is -0.170. The fourth-order valence-electron chi connectivity index (χ4n) is 2.12. The summed E-state index contributed by atoms with van der Waals surface area (Å²) in [6.45, 7) is 9.40. The van der Waals surface area contributed by atoms with E-state index < -0.39 is 15.7 Å². The molecule has 3 N–H and O–H groups in total. The summed E-state index contributed by atoms with van der Waals surface area (Å²) in [5.41, 5.74) is -0.445. The van der Waals surface area contributed by atoms with E-state index in [0.717, 1.165) is 25.9 Å². The van der Waals surface area contributed by atoms with Gasteiger partial charge in [0.25, 0.3) is 10.2 Å². The number of piperidine rings is 1. The molecule has 0 radical (unpaired) electrons. The molecule has 17 heavy (non-hydrogen) atoms. The molecule has 1 aliphatic heterocycles. The van der Waals surface area contributed by atoms with Gasteiger partial charge in [-0.05, 0) is 59.5 Å². The van der Waals surface area contributed by atoms with E-state index in [1.54, 1.807) is 0 Å². The average Bonchev–Trinajstić information content (AvgIpc) is 2.14. The Balaban J connectivity index is 2.51. The van der Waals surface area contributed by atoms with Crippen LogP contribution >= 0.6 is 0 Å². The van der Waals surface area contributed by atoms with E-state index in [9.17, 15) is 8.42 Å². The lowest BCUT2D eigenvalue weighted by molar-refractivity contribution is 0.314. The highest BCUT2D eigenvalue weighted by atomic mass is 32.2. The highest BCUT2D eigenvalue weighted by Gasteiger charge is 2.26. The van der Waals surface area contributed by atoms with E-state index in [1.165, 1.54) is 0 Å². The van der Waals surface area contributed by atoms with Gasteiger partial charge < -0.3 is 5.32 Å². The second-order valence-electron chi connectivity index (χ2n) is 5.85. The van der Waals surface area contributed by atoms with E-state index in [-0.39, 0.29) is 6.04 Å². The number of rotatable bonds is 4. The molecule has 102 valence electrons. The summed E-state index contributed by atoms with van der Waals surface area (Å²) in [5.74, 6) is 0.424. The van der Waals surface area contributed by atoms with Crippen molar-refractivity contribution in [2.45, 2.75) is 52.1 Å². The van der Waals surface area contributed by atoms with E-state index in [4.69, 9.17) is 0 Å². The molecule has 1 rings (SSSR count). The Labute approximate surface area is 105 Å². The lowest BCUT2D eigenvalue weighted by Gasteiger charge is -2.30. The van der Waals surface area contributed by atoms with Gasteiger partial charge in [-0.3, -0.25) is 0 Å². The molecule has 6 heteroatoms. The maximum Gasteiger partial charge on any atom is 0.277 e. The van der Waals surface area contributed by atoms with Gasteiger partial charge >= 0.3 is 0 Å². The zero-order valence-electron chi connectivity index (χ0n) is 11.2. The first kappa shape index (κ1) is 14.9. The molecule has 1 atom stereocenters. The molecule has 0 aliphatic carbocycles. The fraction of sp³-hybridized carbons (Fsp3) is 1.00. The van der Waals surface area contributed by atoms with Crippen LogP contribution in [0.25, 0.3) is 0 Å². The second kappa shape index (κ2) is 5.65. The topological polar surface area (TPSA) is 70.2 Å². The van der Waals surface area contributed by atoms with E-state index in [1.807, 2.05) is 27.7 Å². The maximum absolute atomic E-state index is 11.9. The van der Waals surface area contributed by atoms with Gasteiger partial charge in [-0.2, -0.15) is 17.9 Å². The highest BCUT2D eigenvalue weighted by molar-refractivity contribution is 7.87. The summed E-state index contributed by atoms with van der Waals surface area (Å²) in [5, 5.41) is 3.28. The monoisotopic (exact) mass is 263 g/mol. The van der Waals surface area contributed by atoms with Gasteiger partial charge in [-0.1, -0.05) is 0 Å². The van der Waals surface area contributed by atoms with Gasteiger partial charge in [-0.25, -0.2) is 0 Å². The molecular formula is C11H25N3O2S. The van der Waals surface area contributed by atoms with Crippen LogP contribution in [0.2, 0.25) is 0 Å². The van der Waals surface area contributed by atoms with Crippen LogP contribution in [0, 0.1) is 5.92 Å². The SMILES string of the molecule is CC(NS(=O)(=O)NC(C)(C)C)C1CCNCC1. The van der Waals surface area contributed by atoms with Gasteiger partial charge in [0, 0.05) is 11.6 Å². The van der Waals surface area contributed by atoms with Gasteiger partial charge in [0.15, 0.2) is 0 Å². The predicted octanol–water partition coefficient (Wildman–Crippen LogP) is 0.597. The first-order valence-corrected chi connectivity index (χ1v) is 7.70. The van der Waals surface area contributed by atoms with Crippen molar-refractivity contribution in [1.82, 2.24) is 14.8 Å². The lowest BCUT2D eigenvalue weighted by Crippen LogP contribution is -2.51. The maximum atomic E-state index is 11.9. The van der Waals surface area contributed by atoms with Gasteiger partial charge in [0.2, 0.25) is 0 Å². The molecule has 1 saturated heterocycles. The Morgan fingerprint density at radius 1 is 1.24 bits per heavy atom. The molecule has 0 bridgehead atoms. The highest BCUT2D eigenvalue weighted by Crippen LogP contribution is 2.16. The second-order valence-corrected chi connectivity index (χ2v) is 7.30. The summed E-state index contributed by atoms with van der Waals surface area (Å²) in [4.78, 5) is 0. The van der Waals surface area contributed by atoms with Crippen LogP contribution in [-0.2, 0) is 10.2 Å². The van der Waals surface area contributed by atoms with Crippen LogP contribution in [0.1, 0.15) is 40.5 Å². The summed E-state index contributed by atoms with van der Waals surface area (Å²) in [7, 11) is -3.41. The molecule has 1 heterocycles. The number of hydrogen-bond acceptors (Lipinski definition) is 3. The molecule has 5 nitrogen and oxygen atoms in total. The molecule has 0 aromatic carbocycles. The molecule has 0 spiro atoms. The third-order valence-electron chi connectivity index (χ3n) is 2.87. The van der Waals surface area contributed by atoms with Crippen LogP contribution in [0.3, 0.4) is 0 Å². The van der Waals surface area contributed by atoms with E-state index >= 15 is 0 Å². The molecule has 1 unspecified atom stereocenters. The summed E-state index contributed by atoms with van der Waals surface area (Å²) < 4.78 is 29.0. The van der Waals surface area contributed by atoms with Crippen molar-refractivity contribution in [3.63, 3.8) is 0 Å². The van der Waals surface area contributed by atoms with Crippen LogP contribution in [0.4, 0.5) is 0 Å². The van der Waals surface area contributed by atoms with Crippen molar-refractivity contribution in [1.29, 1.82) is 0 Å². The minimum atomic E-state index is -3.41. The molecule has 0 aromatic rings. The summed E-state index contributed by atoms with van der Waals surface area (Å²) in [6.07, 6.45) is 2.05. The Morgan fingerprint density at radius 2 is 1.76 bits per heavy atom. The summed E-state index contributed by atoms with van der Waals surface area (Å²) in [6, 6.07) is -0.0167. The predicted molar refractivity (Wildman–Crippen MR) is 70.0 cm³/mol. The van der Waals surface area contributed by atoms with Crippen molar-refractivity contribution in [3.8, 4) is 0 Å². The Morgan fingerprint density at radius 3 is 2.24 bits per heavy atom. The minimum Gasteiger partial charge on any atom is -0.317 e. The van der Waals surface area contributed by atoms with Crippen LogP contribution in [0.5, 0.6) is 0 Å².